The number of ketones is 1. The molecule has 0 saturated carbocycles. The van der Waals surface area contributed by atoms with Gasteiger partial charge in [0.1, 0.15) is 11.5 Å². The van der Waals surface area contributed by atoms with E-state index in [0.29, 0.717) is 49.1 Å². The number of benzene rings is 1. The summed E-state index contributed by atoms with van der Waals surface area (Å²) in [6.45, 7) is 1.93. The van der Waals surface area contributed by atoms with E-state index in [2.05, 4.69) is 15.1 Å². The summed E-state index contributed by atoms with van der Waals surface area (Å²) in [7, 11) is 0. The standard InChI is InChI=1S/C20H18ClN5O3/c21-13-17-23-19(20(28)25-9-11-29-12-10-25)24-26(17)16-7-2-1-5-14(16)18(27)15-6-3-4-8-22-15/h1-8H,9-13H2. The maximum atomic E-state index is 13.0. The average molecular weight is 412 g/mol. The lowest BCUT2D eigenvalue weighted by atomic mass is 10.1. The van der Waals surface area contributed by atoms with Crippen LogP contribution in [0.3, 0.4) is 0 Å². The second kappa shape index (κ2) is 8.50. The van der Waals surface area contributed by atoms with E-state index >= 15 is 0 Å². The largest absolute Gasteiger partial charge is 0.378 e. The topological polar surface area (TPSA) is 90.2 Å². The fourth-order valence-electron chi connectivity index (χ4n) is 3.11. The van der Waals surface area contributed by atoms with Crippen molar-refractivity contribution < 1.29 is 14.3 Å². The van der Waals surface area contributed by atoms with E-state index in [1.807, 2.05) is 0 Å². The molecule has 0 spiro atoms. The number of para-hydroxylation sites is 1. The summed E-state index contributed by atoms with van der Waals surface area (Å²) in [5.41, 5.74) is 1.21. The molecule has 8 nitrogen and oxygen atoms in total. The number of amides is 1. The minimum atomic E-state index is -0.285. The number of hydrogen-bond donors (Lipinski definition) is 0. The summed E-state index contributed by atoms with van der Waals surface area (Å²) < 4.78 is 6.74. The van der Waals surface area contributed by atoms with Gasteiger partial charge in [0, 0.05) is 24.8 Å². The number of halogens is 1. The van der Waals surface area contributed by atoms with Gasteiger partial charge in [0.25, 0.3) is 5.91 Å². The maximum absolute atomic E-state index is 13.0. The predicted molar refractivity (Wildman–Crippen MR) is 105 cm³/mol. The fourth-order valence-corrected chi connectivity index (χ4v) is 3.28. The molecular weight excluding hydrogens is 394 g/mol. The number of nitrogens with zero attached hydrogens (tertiary/aromatic N) is 5. The van der Waals surface area contributed by atoms with Crippen molar-refractivity contribution in [1.29, 1.82) is 0 Å². The molecule has 2 aromatic heterocycles. The molecular formula is C20H18ClN5O3. The number of pyridine rings is 1. The monoisotopic (exact) mass is 411 g/mol. The first-order chi connectivity index (χ1) is 14.2. The van der Waals surface area contributed by atoms with E-state index in [0.717, 1.165) is 0 Å². The minimum Gasteiger partial charge on any atom is -0.378 e. The summed E-state index contributed by atoms with van der Waals surface area (Å²) in [4.78, 5) is 35.8. The van der Waals surface area contributed by atoms with Gasteiger partial charge in [-0.1, -0.05) is 18.2 Å². The highest BCUT2D eigenvalue weighted by Crippen LogP contribution is 2.20. The Morgan fingerprint density at radius 2 is 1.83 bits per heavy atom. The van der Waals surface area contributed by atoms with Crippen molar-refractivity contribution in [2.24, 2.45) is 0 Å². The van der Waals surface area contributed by atoms with Gasteiger partial charge in [-0.15, -0.1) is 16.7 Å². The number of aromatic nitrogens is 4. The molecule has 0 atom stereocenters. The van der Waals surface area contributed by atoms with Crippen LogP contribution in [0.25, 0.3) is 5.69 Å². The number of rotatable bonds is 5. The molecule has 1 saturated heterocycles. The molecule has 1 aromatic carbocycles. The van der Waals surface area contributed by atoms with Crippen LogP contribution in [-0.4, -0.2) is 62.6 Å². The van der Waals surface area contributed by atoms with Crippen LogP contribution in [0.4, 0.5) is 0 Å². The molecule has 9 heteroatoms. The van der Waals surface area contributed by atoms with Crippen molar-refractivity contribution in [3.05, 3.63) is 71.6 Å². The zero-order valence-corrected chi connectivity index (χ0v) is 16.2. The Hall–Kier alpha value is -3.10. The first-order valence-electron chi connectivity index (χ1n) is 9.13. The van der Waals surface area contributed by atoms with Gasteiger partial charge in [-0.05, 0) is 24.3 Å². The van der Waals surface area contributed by atoms with E-state index in [1.165, 1.54) is 4.68 Å². The molecule has 3 aromatic rings. The molecule has 3 heterocycles. The van der Waals surface area contributed by atoms with Crippen molar-refractivity contribution in [3.8, 4) is 5.69 Å². The number of carbonyl (C=O) groups excluding carboxylic acids is 2. The van der Waals surface area contributed by atoms with E-state index in [4.69, 9.17) is 16.3 Å². The Labute approximate surface area is 172 Å². The summed E-state index contributed by atoms with van der Waals surface area (Å²) in [6.07, 6.45) is 1.56. The van der Waals surface area contributed by atoms with Crippen LogP contribution in [0.15, 0.2) is 48.7 Å². The summed E-state index contributed by atoms with van der Waals surface area (Å²) in [6, 6.07) is 12.1. The molecule has 1 amide bonds. The van der Waals surface area contributed by atoms with Gasteiger partial charge in [-0.25, -0.2) is 9.67 Å². The first-order valence-corrected chi connectivity index (χ1v) is 9.66. The molecule has 0 radical (unpaired) electrons. The number of ether oxygens (including phenoxy) is 1. The van der Waals surface area contributed by atoms with Crippen molar-refractivity contribution in [3.63, 3.8) is 0 Å². The van der Waals surface area contributed by atoms with Gasteiger partial charge >= 0.3 is 0 Å². The molecule has 148 valence electrons. The van der Waals surface area contributed by atoms with E-state index in [1.54, 1.807) is 53.6 Å². The van der Waals surface area contributed by atoms with Crippen molar-refractivity contribution in [2.75, 3.05) is 26.3 Å². The predicted octanol–water partition coefficient (Wildman–Crippen LogP) is 2.10. The third-order valence-corrected chi connectivity index (χ3v) is 4.80. The van der Waals surface area contributed by atoms with Crippen LogP contribution < -0.4 is 0 Å². The van der Waals surface area contributed by atoms with Crippen LogP contribution in [0.5, 0.6) is 0 Å². The number of hydrogen-bond acceptors (Lipinski definition) is 6. The molecule has 29 heavy (non-hydrogen) atoms. The zero-order valence-electron chi connectivity index (χ0n) is 15.5. The third kappa shape index (κ3) is 3.90. The third-order valence-electron chi connectivity index (χ3n) is 4.56. The Morgan fingerprint density at radius 3 is 2.55 bits per heavy atom. The van der Waals surface area contributed by atoms with Gasteiger partial charge in [0.2, 0.25) is 11.6 Å². The van der Waals surface area contributed by atoms with E-state index in [-0.39, 0.29) is 23.4 Å². The molecule has 0 bridgehead atoms. The molecule has 4 rings (SSSR count). The van der Waals surface area contributed by atoms with Crippen molar-refractivity contribution >= 4 is 23.3 Å². The first kappa shape index (κ1) is 19.2. The minimum absolute atomic E-state index is 0.0372. The highest BCUT2D eigenvalue weighted by atomic mass is 35.5. The Bertz CT molecular complexity index is 1030. The van der Waals surface area contributed by atoms with Gasteiger partial charge in [0.15, 0.2) is 0 Å². The van der Waals surface area contributed by atoms with Crippen LogP contribution >= 0.6 is 11.6 Å². The molecule has 0 aliphatic carbocycles. The maximum Gasteiger partial charge on any atom is 0.293 e. The lowest BCUT2D eigenvalue weighted by molar-refractivity contribution is 0.0295. The normalized spacial score (nSPS) is 14.0. The molecule has 1 fully saturated rings. The average Bonchev–Trinajstić information content (AvgIpc) is 3.23. The number of alkyl halides is 1. The number of carbonyl (C=O) groups is 2. The Kier molecular flexibility index (Phi) is 5.64. The van der Waals surface area contributed by atoms with Gasteiger partial charge < -0.3 is 9.64 Å². The summed E-state index contributed by atoms with van der Waals surface area (Å²) in [5, 5.41) is 4.38. The second-order valence-corrected chi connectivity index (χ2v) is 6.63. The Morgan fingerprint density at radius 1 is 1.07 bits per heavy atom. The highest BCUT2D eigenvalue weighted by Gasteiger charge is 2.25. The zero-order chi connectivity index (χ0) is 20.2. The van der Waals surface area contributed by atoms with Gasteiger partial charge in [0.05, 0.1) is 24.8 Å². The van der Waals surface area contributed by atoms with Crippen LogP contribution in [0.1, 0.15) is 32.5 Å². The van der Waals surface area contributed by atoms with Gasteiger partial charge in [-0.3, -0.25) is 14.6 Å². The molecule has 1 aliphatic rings. The number of morpholine rings is 1. The summed E-state index contributed by atoms with van der Waals surface area (Å²) in [5.74, 6) is -0.0763. The Balaban J connectivity index is 1.73. The molecule has 0 unspecified atom stereocenters. The van der Waals surface area contributed by atoms with Crippen molar-refractivity contribution in [1.82, 2.24) is 24.6 Å². The molecule has 0 N–H and O–H groups in total. The summed E-state index contributed by atoms with van der Waals surface area (Å²) >= 11 is 6.07. The lowest BCUT2D eigenvalue weighted by Gasteiger charge is -2.25. The highest BCUT2D eigenvalue weighted by molar-refractivity contribution is 6.16. The van der Waals surface area contributed by atoms with E-state index < -0.39 is 0 Å². The van der Waals surface area contributed by atoms with Gasteiger partial charge in [-0.2, -0.15) is 0 Å². The quantitative estimate of drug-likeness (QED) is 0.471. The lowest BCUT2D eigenvalue weighted by Crippen LogP contribution is -2.41. The smallest absolute Gasteiger partial charge is 0.293 e. The van der Waals surface area contributed by atoms with Crippen molar-refractivity contribution in [2.45, 2.75) is 5.88 Å². The SMILES string of the molecule is O=C(c1ccccn1)c1ccccc1-n1nc(C(=O)N2CCOCC2)nc1CCl. The van der Waals surface area contributed by atoms with Crippen LogP contribution in [0, 0.1) is 0 Å². The van der Waals surface area contributed by atoms with E-state index in [9.17, 15) is 9.59 Å². The van der Waals surface area contributed by atoms with Crippen LogP contribution in [0.2, 0.25) is 0 Å². The second-order valence-electron chi connectivity index (χ2n) is 6.36. The molecule has 1 aliphatic heterocycles. The van der Waals surface area contributed by atoms with Crippen LogP contribution in [-0.2, 0) is 10.6 Å². The fraction of sp³-hybridized carbons (Fsp3) is 0.250.